The molecule has 2 fully saturated rings. The van der Waals surface area contributed by atoms with Crippen molar-refractivity contribution in [3.63, 3.8) is 0 Å². The minimum atomic E-state index is -0.471. The van der Waals surface area contributed by atoms with E-state index in [4.69, 9.17) is 4.98 Å². The van der Waals surface area contributed by atoms with Crippen LogP contribution in [0.25, 0.3) is 22.4 Å². The molecule has 51 heavy (non-hydrogen) atoms. The van der Waals surface area contributed by atoms with Crippen LogP contribution in [0.3, 0.4) is 0 Å². The van der Waals surface area contributed by atoms with E-state index in [0.717, 1.165) is 46.1 Å². The number of likely N-dealkylation sites (tertiary alicyclic amines) is 2. The van der Waals surface area contributed by atoms with Crippen molar-refractivity contribution in [2.75, 3.05) is 18.4 Å². The van der Waals surface area contributed by atoms with Crippen molar-refractivity contribution in [1.29, 1.82) is 0 Å². The smallest absolute Gasteiger partial charge is 0.247 e. The molecule has 5 aromatic rings. The van der Waals surface area contributed by atoms with Gasteiger partial charge < -0.3 is 20.1 Å². The van der Waals surface area contributed by atoms with E-state index in [2.05, 4.69) is 10.3 Å². The summed E-state index contributed by atoms with van der Waals surface area (Å²) < 4.78 is 0. The third-order valence-corrected chi connectivity index (χ3v) is 10.1. The molecule has 2 N–H and O–H groups in total. The van der Waals surface area contributed by atoms with Crippen LogP contribution in [-0.2, 0) is 38.4 Å². The molecule has 0 unspecified atom stereocenters. The second-order valence-electron chi connectivity index (χ2n) is 13.6. The lowest BCUT2D eigenvalue weighted by molar-refractivity contribution is -0.137. The molecule has 9 nitrogen and oxygen atoms in total. The molecular formula is C42H43N5O4. The van der Waals surface area contributed by atoms with Crippen LogP contribution >= 0.6 is 0 Å². The summed E-state index contributed by atoms with van der Waals surface area (Å²) in [4.78, 5) is 64.4. The summed E-state index contributed by atoms with van der Waals surface area (Å²) in [7, 11) is 0. The molecule has 2 aliphatic heterocycles. The van der Waals surface area contributed by atoms with E-state index < -0.39 is 6.04 Å². The number of imidazole rings is 1. The van der Waals surface area contributed by atoms with Gasteiger partial charge in [-0.2, -0.15) is 0 Å². The van der Waals surface area contributed by atoms with E-state index in [1.54, 1.807) is 9.80 Å². The van der Waals surface area contributed by atoms with Crippen molar-refractivity contribution in [3.05, 3.63) is 120 Å². The highest BCUT2D eigenvalue weighted by atomic mass is 16.2. The second kappa shape index (κ2) is 15.5. The Hall–Kier alpha value is -5.57. The van der Waals surface area contributed by atoms with Gasteiger partial charge in [0.1, 0.15) is 11.9 Å². The van der Waals surface area contributed by atoms with Crippen molar-refractivity contribution in [2.24, 2.45) is 0 Å². The number of aromatic nitrogens is 2. The molecule has 0 radical (unpaired) electrons. The lowest BCUT2D eigenvalue weighted by Crippen LogP contribution is -2.43. The highest BCUT2D eigenvalue weighted by Gasteiger charge is 2.34. The fourth-order valence-corrected chi connectivity index (χ4v) is 7.38. The molecule has 4 aromatic carbocycles. The number of nitrogens with zero attached hydrogens (tertiary/aromatic N) is 3. The Bertz CT molecular complexity index is 2010. The van der Waals surface area contributed by atoms with E-state index in [1.165, 1.54) is 0 Å². The second-order valence-corrected chi connectivity index (χ2v) is 13.6. The number of rotatable bonds is 12. The van der Waals surface area contributed by atoms with Gasteiger partial charge in [-0.25, -0.2) is 4.98 Å². The largest absolute Gasteiger partial charge is 0.338 e. The highest BCUT2D eigenvalue weighted by Crippen LogP contribution is 2.26. The maximum Gasteiger partial charge on any atom is 0.247 e. The average Bonchev–Trinajstić information content (AvgIpc) is 3.94. The first kappa shape index (κ1) is 33.9. The molecular weight excluding hydrogens is 638 g/mol. The molecule has 2 aliphatic rings. The Morgan fingerprint density at radius 1 is 0.686 bits per heavy atom. The summed E-state index contributed by atoms with van der Waals surface area (Å²) in [5, 5.41) is 3.00. The van der Waals surface area contributed by atoms with Gasteiger partial charge in [-0.3, -0.25) is 19.2 Å². The third kappa shape index (κ3) is 8.09. The fourth-order valence-electron chi connectivity index (χ4n) is 7.38. The van der Waals surface area contributed by atoms with E-state index >= 15 is 0 Å². The number of fused-ring (bicyclic) bond motifs is 1. The molecule has 0 spiro atoms. The normalized spacial score (nSPS) is 17.2. The Balaban J connectivity index is 0.939. The molecule has 0 aliphatic carbocycles. The van der Waals surface area contributed by atoms with Crippen LogP contribution in [0.2, 0.25) is 0 Å². The summed E-state index contributed by atoms with van der Waals surface area (Å²) in [6, 6.07) is 32.3. The minimum Gasteiger partial charge on any atom is -0.338 e. The van der Waals surface area contributed by atoms with Gasteiger partial charge in [-0.1, -0.05) is 66.7 Å². The van der Waals surface area contributed by atoms with Gasteiger partial charge in [0.2, 0.25) is 17.7 Å². The zero-order valence-corrected chi connectivity index (χ0v) is 28.7. The molecule has 0 saturated carbocycles. The van der Waals surface area contributed by atoms with Crippen molar-refractivity contribution < 1.29 is 19.2 Å². The van der Waals surface area contributed by atoms with E-state index in [9.17, 15) is 19.2 Å². The first-order chi connectivity index (χ1) is 24.9. The first-order valence-electron chi connectivity index (χ1n) is 18.0. The van der Waals surface area contributed by atoms with Gasteiger partial charge in [-0.05, 0) is 91.6 Å². The fraction of sp³-hybridized carbons (Fsp3) is 0.310. The van der Waals surface area contributed by atoms with Crippen LogP contribution in [0.1, 0.15) is 55.2 Å². The molecule has 0 bridgehead atoms. The van der Waals surface area contributed by atoms with Gasteiger partial charge in [0.15, 0.2) is 5.78 Å². The Morgan fingerprint density at radius 2 is 1.27 bits per heavy atom. The van der Waals surface area contributed by atoms with Gasteiger partial charge >= 0.3 is 0 Å². The average molecular weight is 682 g/mol. The number of ketones is 1. The maximum absolute atomic E-state index is 13.4. The summed E-state index contributed by atoms with van der Waals surface area (Å²) in [6.45, 7) is 1.23. The van der Waals surface area contributed by atoms with Crippen molar-refractivity contribution >= 4 is 40.2 Å². The standard InChI is InChI=1S/C42H43N5O4/c48-38(36-13-7-25-46(36)39(49)23-16-29-9-3-1-4-10-29)28-31-15-22-34-35(27-31)45-41(44-34)32-18-20-33(21-19-32)43-42(51)37-14-8-26-47(37)40(50)24-17-30-11-5-2-6-12-30/h1-6,9-12,15,18-22,27,36-37H,7-8,13-14,16-17,23-26,28H2,(H,43,51)(H,44,45)/t36-,37-/m0/s1. The highest BCUT2D eigenvalue weighted by molar-refractivity contribution is 5.98. The third-order valence-electron chi connectivity index (χ3n) is 10.1. The number of nitrogens with one attached hydrogen (secondary N) is 2. The van der Waals surface area contributed by atoms with Crippen LogP contribution in [0, 0.1) is 0 Å². The molecule has 7 rings (SSSR count). The van der Waals surface area contributed by atoms with Crippen molar-refractivity contribution in [2.45, 2.75) is 69.9 Å². The van der Waals surface area contributed by atoms with Gasteiger partial charge in [-0.15, -0.1) is 0 Å². The maximum atomic E-state index is 13.4. The van der Waals surface area contributed by atoms with E-state index in [1.807, 2.05) is 103 Å². The minimum absolute atomic E-state index is 0.00870. The molecule has 260 valence electrons. The van der Waals surface area contributed by atoms with Crippen LogP contribution < -0.4 is 5.32 Å². The number of aromatic amines is 1. The molecule has 3 heterocycles. The number of carbonyl (C=O) groups is 4. The summed E-state index contributed by atoms with van der Waals surface area (Å²) >= 11 is 0. The Kier molecular flexibility index (Phi) is 10.3. The molecule has 3 amide bonds. The summed E-state index contributed by atoms with van der Waals surface area (Å²) in [6.07, 6.45) is 5.37. The number of Topliss-reactive ketones (excluding diaryl/α,β-unsaturated/α-hetero) is 1. The number of aryl methyl sites for hydroxylation is 2. The Morgan fingerprint density at radius 3 is 1.90 bits per heavy atom. The molecule has 9 heteroatoms. The van der Waals surface area contributed by atoms with E-state index in [0.29, 0.717) is 63.1 Å². The number of anilines is 1. The number of H-pyrrole nitrogens is 1. The number of hydrogen-bond acceptors (Lipinski definition) is 5. The lowest BCUT2D eigenvalue weighted by atomic mass is 10.0. The predicted octanol–water partition coefficient (Wildman–Crippen LogP) is 6.53. The van der Waals surface area contributed by atoms with Crippen LogP contribution in [-0.4, -0.2) is 68.4 Å². The molecule has 1 aromatic heterocycles. The monoisotopic (exact) mass is 681 g/mol. The van der Waals surface area contributed by atoms with Gasteiger partial charge in [0.25, 0.3) is 0 Å². The Labute approximate surface area is 298 Å². The van der Waals surface area contributed by atoms with Gasteiger partial charge in [0, 0.05) is 43.6 Å². The molecule has 2 saturated heterocycles. The number of carbonyl (C=O) groups excluding carboxylic acids is 4. The first-order valence-corrected chi connectivity index (χ1v) is 18.0. The van der Waals surface area contributed by atoms with Gasteiger partial charge in [0.05, 0.1) is 17.1 Å². The number of benzene rings is 4. The van der Waals surface area contributed by atoms with Crippen LogP contribution in [0.15, 0.2) is 103 Å². The predicted molar refractivity (Wildman–Crippen MR) is 198 cm³/mol. The zero-order chi connectivity index (χ0) is 35.2. The lowest BCUT2D eigenvalue weighted by Gasteiger charge is -2.24. The van der Waals surface area contributed by atoms with Crippen molar-refractivity contribution in [3.8, 4) is 11.4 Å². The quantitative estimate of drug-likeness (QED) is 0.156. The van der Waals surface area contributed by atoms with E-state index in [-0.39, 0.29) is 36.0 Å². The topological polar surface area (TPSA) is 115 Å². The zero-order valence-electron chi connectivity index (χ0n) is 28.7. The number of amides is 3. The van der Waals surface area contributed by atoms with Crippen LogP contribution in [0.5, 0.6) is 0 Å². The number of hydrogen-bond donors (Lipinski definition) is 2. The van der Waals surface area contributed by atoms with Crippen LogP contribution in [0.4, 0.5) is 5.69 Å². The summed E-state index contributed by atoms with van der Waals surface area (Å²) in [5.41, 5.74) is 6.24. The molecule has 2 atom stereocenters. The van der Waals surface area contributed by atoms with Crippen molar-refractivity contribution in [1.82, 2.24) is 19.8 Å². The SMILES string of the molecule is O=C(Cc1ccc2nc(-c3ccc(NC(=O)[C@@H]4CCCN4C(=O)CCc4ccccc4)cc3)[nH]c2c1)[C@@H]1CCCN1C(=O)CCc1ccccc1. The summed E-state index contributed by atoms with van der Waals surface area (Å²) in [5.74, 6) is 0.628.